The van der Waals surface area contributed by atoms with Crippen LogP contribution in [-0.2, 0) is 17.8 Å². The first-order chi connectivity index (χ1) is 8.65. The van der Waals surface area contributed by atoms with Crippen LogP contribution in [0.3, 0.4) is 0 Å². The highest BCUT2D eigenvalue weighted by atomic mass is 32.1. The third-order valence-electron chi connectivity index (χ3n) is 2.34. The van der Waals surface area contributed by atoms with E-state index in [4.69, 9.17) is 12.2 Å². The fourth-order valence-corrected chi connectivity index (χ4v) is 2.72. The normalized spacial score (nSPS) is 10.3. The Morgan fingerprint density at radius 1 is 1.61 bits per heavy atom. The molecule has 94 valence electrons. The molecule has 0 aromatic carbocycles. The van der Waals surface area contributed by atoms with Gasteiger partial charge in [0, 0.05) is 16.8 Å². The average molecular weight is 280 g/mol. The van der Waals surface area contributed by atoms with Crippen LogP contribution in [0.15, 0.2) is 18.3 Å². The smallest absolute Gasteiger partial charge is 0.225 e. The van der Waals surface area contributed by atoms with Crippen molar-refractivity contribution in [3.63, 3.8) is 0 Å². The number of nitrogens with one attached hydrogen (secondary N) is 2. The van der Waals surface area contributed by atoms with Gasteiger partial charge in [0.2, 0.25) is 5.91 Å². The van der Waals surface area contributed by atoms with Crippen LogP contribution < -0.4 is 5.32 Å². The Bertz CT molecular complexity index is 591. The fourth-order valence-electron chi connectivity index (χ4n) is 1.43. The van der Waals surface area contributed by atoms with Crippen molar-refractivity contribution >= 4 is 29.5 Å². The van der Waals surface area contributed by atoms with Crippen molar-refractivity contribution in [2.45, 2.75) is 19.9 Å². The van der Waals surface area contributed by atoms with Crippen molar-refractivity contribution in [2.24, 2.45) is 0 Å². The van der Waals surface area contributed by atoms with Crippen molar-refractivity contribution in [1.29, 1.82) is 0 Å². The summed E-state index contributed by atoms with van der Waals surface area (Å²) in [5.74, 6) is -0.0472. The molecular weight excluding hydrogens is 268 g/mol. The van der Waals surface area contributed by atoms with E-state index < -0.39 is 0 Å². The van der Waals surface area contributed by atoms with Gasteiger partial charge in [-0.05, 0) is 31.3 Å². The van der Waals surface area contributed by atoms with Gasteiger partial charge in [-0.2, -0.15) is 10.2 Å². The van der Waals surface area contributed by atoms with Crippen molar-refractivity contribution in [3.05, 3.63) is 38.5 Å². The van der Waals surface area contributed by atoms with E-state index in [0.717, 1.165) is 16.3 Å². The van der Waals surface area contributed by atoms with E-state index in [2.05, 4.69) is 20.5 Å². The molecule has 2 aromatic rings. The molecule has 2 aromatic heterocycles. The number of carbonyl (C=O) groups is 1. The number of rotatable bonds is 4. The Morgan fingerprint density at radius 3 is 3.06 bits per heavy atom. The molecule has 0 bridgehead atoms. The molecule has 0 aliphatic carbocycles. The molecule has 5 nitrogen and oxygen atoms in total. The van der Waals surface area contributed by atoms with E-state index in [1.165, 1.54) is 11.3 Å². The molecule has 1 amide bonds. The molecule has 2 rings (SSSR count). The molecule has 0 radical (unpaired) electrons. The monoisotopic (exact) mass is 280 g/mol. The summed E-state index contributed by atoms with van der Waals surface area (Å²) in [5, 5.41) is 10.4. The summed E-state index contributed by atoms with van der Waals surface area (Å²) in [4.78, 5) is 15.7. The molecule has 2 heterocycles. The Kier molecular flexibility index (Phi) is 4.16. The van der Waals surface area contributed by atoms with Crippen LogP contribution in [0.5, 0.6) is 0 Å². The molecule has 7 heteroatoms. The van der Waals surface area contributed by atoms with Crippen LogP contribution in [-0.4, -0.2) is 21.1 Å². The van der Waals surface area contributed by atoms with Crippen molar-refractivity contribution in [2.75, 3.05) is 0 Å². The molecule has 0 aliphatic heterocycles. The summed E-state index contributed by atoms with van der Waals surface area (Å²) in [5.41, 5.74) is 1.70. The van der Waals surface area contributed by atoms with E-state index in [0.29, 0.717) is 16.9 Å². The van der Waals surface area contributed by atoms with E-state index >= 15 is 0 Å². The minimum atomic E-state index is -0.0472. The number of amides is 1. The maximum absolute atomic E-state index is 11.7. The summed E-state index contributed by atoms with van der Waals surface area (Å²) in [6.45, 7) is 2.30. The molecule has 0 fully saturated rings. The molecule has 0 saturated heterocycles. The Labute approximate surface area is 113 Å². The highest BCUT2D eigenvalue weighted by Crippen LogP contribution is 2.14. The van der Waals surface area contributed by atoms with Crippen LogP contribution in [0, 0.1) is 10.9 Å². The number of aromatic amines is 1. The lowest BCUT2D eigenvalue weighted by Crippen LogP contribution is -2.25. The van der Waals surface area contributed by atoms with Gasteiger partial charge in [-0.1, -0.05) is 0 Å². The number of nitrogens with zero attached hydrogens (tertiary/aromatic N) is 2. The second-order valence-corrected chi connectivity index (χ2v) is 5.50. The molecule has 0 aliphatic rings. The van der Waals surface area contributed by atoms with Crippen molar-refractivity contribution in [1.82, 2.24) is 20.5 Å². The zero-order chi connectivity index (χ0) is 13.0. The topological polar surface area (TPSA) is 70.7 Å². The van der Waals surface area contributed by atoms with Gasteiger partial charge in [0.25, 0.3) is 0 Å². The SMILES string of the molecule is Cc1[nH]c(=S)sc1CC(=O)NCc1cccnn1. The zero-order valence-corrected chi connectivity index (χ0v) is 11.4. The van der Waals surface area contributed by atoms with Gasteiger partial charge in [0.15, 0.2) is 3.95 Å². The summed E-state index contributed by atoms with van der Waals surface area (Å²) in [6, 6.07) is 3.61. The quantitative estimate of drug-likeness (QED) is 0.837. The van der Waals surface area contributed by atoms with E-state index in [9.17, 15) is 4.79 Å². The highest BCUT2D eigenvalue weighted by Gasteiger charge is 2.08. The maximum Gasteiger partial charge on any atom is 0.225 e. The third kappa shape index (κ3) is 3.44. The van der Waals surface area contributed by atoms with Gasteiger partial charge >= 0.3 is 0 Å². The van der Waals surface area contributed by atoms with Crippen LogP contribution in [0.4, 0.5) is 0 Å². The number of H-pyrrole nitrogens is 1. The summed E-state index contributed by atoms with van der Waals surface area (Å²) in [6.07, 6.45) is 1.94. The highest BCUT2D eigenvalue weighted by molar-refractivity contribution is 7.73. The predicted octanol–water partition coefficient (Wildman–Crippen LogP) is 1.76. The Hall–Kier alpha value is -1.60. The summed E-state index contributed by atoms with van der Waals surface area (Å²) in [7, 11) is 0. The minimum absolute atomic E-state index is 0.0472. The largest absolute Gasteiger partial charge is 0.350 e. The number of thiazole rings is 1. The minimum Gasteiger partial charge on any atom is -0.350 e. The number of carbonyl (C=O) groups excluding carboxylic acids is 1. The number of aryl methyl sites for hydroxylation is 1. The Morgan fingerprint density at radius 2 is 2.44 bits per heavy atom. The molecular formula is C11H12N4OS2. The second-order valence-electron chi connectivity index (χ2n) is 3.73. The first-order valence-electron chi connectivity index (χ1n) is 5.37. The van der Waals surface area contributed by atoms with Crippen LogP contribution >= 0.6 is 23.6 Å². The van der Waals surface area contributed by atoms with Gasteiger partial charge < -0.3 is 10.3 Å². The van der Waals surface area contributed by atoms with Crippen molar-refractivity contribution < 1.29 is 4.79 Å². The van der Waals surface area contributed by atoms with Gasteiger partial charge in [-0.15, -0.1) is 11.3 Å². The zero-order valence-electron chi connectivity index (χ0n) is 9.77. The van der Waals surface area contributed by atoms with Gasteiger partial charge in [-0.3, -0.25) is 4.79 Å². The van der Waals surface area contributed by atoms with Crippen LogP contribution in [0.2, 0.25) is 0 Å². The average Bonchev–Trinajstić information content (AvgIpc) is 2.67. The number of aromatic nitrogens is 3. The van der Waals surface area contributed by atoms with Crippen LogP contribution in [0.1, 0.15) is 16.3 Å². The van der Waals surface area contributed by atoms with E-state index in [1.807, 2.05) is 13.0 Å². The van der Waals surface area contributed by atoms with Gasteiger partial charge in [-0.25, -0.2) is 0 Å². The second kappa shape index (κ2) is 5.83. The van der Waals surface area contributed by atoms with E-state index in [1.54, 1.807) is 12.3 Å². The lowest BCUT2D eigenvalue weighted by atomic mass is 10.3. The lowest BCUT2D eigenvalue weighted by Gasteiger charge is -2.03. The number of hydrogen-bond donors (Lipinski definition) is 2. The predicted molar refractivity (Wildman–Crippen MR) is 71.8 cm³/mol. The molecule has 0 atom stereocenters. The Balaban J connectivity index is 1.90. The first-order valence-corrected chi connectivity index (χ1v) is 6.59. The molecule has 0 unspecified atom stereocenters. The summed E-state index contributed by atoms with van der Waals surface area (Å²) >= 11 is 6.46. The third-order valence-corrected chi connectivity index (χ3v) is 3.68. The van der Waals surface area contributed by atoms with Gasteiger partial charge in [0.1, 0.15) is 0 Å². The summed E-state index contributed by atoms with van der Waals surface area (Å²) < 4.78 is 0.698. The van der Waals surface area contributed by atoms with Gasteiger partial charge in [0.05, 0.1) is 18.7 Å². The first kappa shape index (κ1) is 12.8. The fraction of sp³-hybridized carbons (Fsp3) is 0.273. The number of hydrogen-bond acceptors (Lipinski definition) is 5. The maximum atomic E-state index is 11.7. The van der Waals surface area contributed by atoms with Crippen LogP contribution in [0.25, 0.3) is 0 Å². The standard InChI is InChI=1S/C11H12N4OS2/c1-7-9(18-11(17)14-7)5-10(16)12-6-8-3-2-4-13-15-8/h2-4H,5-6H2,1H3,(H,12,16)(H,14,17). The van der Waals surface area contributed by atoms with Crippen molar-refractivity contribution in [3.8, 4) is 0 Å². The molecule has 18 heavy (non-hydrogen) atoms. The van der Waals surface area contributed by atoms with E-state index in [-0.39, 0.29) is 5.91 Å². The lowest BCUT2D eigenvalue weighted by molar-refractivity contribution is -0.120. The molecule has 0 saturated carbocycles. The molecule has 0 spiro atoms. The molecule has 2 N–H and O–H groups in total.